The molecule has 0 spiro atoms. The highest BCUT2D eigenvalue weighted by Gasteiger charge is 2.57. The summed E-state index contributed by atoms with van der Waals surface area (Å²) in [6.07, 6.45) is -2.15. The Morgan fingerprint density at radius 3 is 2.47 bits per heavy atom. The fraction of sp³-hybridized carbons (Fsp3) is 0.857. The Hall–Kier alpha value is -1.24. The lowest BCUT2D eigenvalue weighted by Gasteiger charge is -2.46. The third-order valence-corrected chi connectivity index (χ3v) is 8.91. The van der Waals surface area contributed by atoms with E-state index in [-0.39, 0.29) is 54.7 Å². The predicted molar refractivity (Wildman–Crippen MR) is 134 cm³/mol. The number of fused-ring (bicyclic) bond motifs is 2. The van der Waals surface area contributed by atoms with Crippen molar-refractivity contribution in [3.8, 4) is 0 Å². The van der Waals surface area contributed by atoms with Crippen LogP contribution in [0.15, 0.2) is 12.2 Å². The van der Waals surface area contributed by atoms with E-state index in [1.54, 1.807) is 7.11 Å². The lowest BCUT2D eigenvalue weighted by atomic mass is 9.86. The zero-order valence-electron chi connectivity index (χ0n) is 22.4. The lowest BCUT2D eigenvalue weighted by Crippen LogP contribution is -2.61. The Morgan fingerprint density at radius 2 is 1.74 bits per heavy atom. The highest BCUT2D eigenvalue weighted by atomic mass is 16.6. The molecule has 0 aromatic rings. The minimum absolute atomic E-state index is 0.0185. The SMILES string of the molecule is C=C1COC(CCC(=O)CC2OC3C(OC4CCC(CC(=O)CC5C(OC)CO[C@H]5C)O[C@@H]4C3O)C2O)C1. The molecule has 0 aromatic carbocycles. The number of aliphatic hydroxyl groups is 2. The van der Waals surface area contributed by atoms with Crippen molar-refractivity contribution in [2.24, 2.45) is 5.92 Å². The van der Waals surface area contributed by atoms with Crippen LogP contribution in [0.25, 0.3) is 0 Å². The second-order valence-corrected chi connectivity index (χ2v) is 11.7. The van der Waals surface area contributed by atoms with E-state index in [4.69, 9.17) is 28.4 Å². The zero-order chi connectivity index (χ0) is 27.0. The van der Waals surface area contributed by atoms with Crippen LogP contribution in [0.5, 0.6) is 0 Å². The molecule has 0 bridgehead atoms. The van der Waals surface area contributed by atoms with Gasteiger partial charge in [-0.3, -0.25) is 9.59 Å². The van der Waals surface area contributed by atoms with Crippen LogP contribution >= 0.6 is 0 Å². The molecule has 0 saturated carbocycles. The molecule has 10 heteroatoms. The van der Waals surface area contributed by atoms with Gasteiger partial charge in [0.15, 0.2) is 0 Å². The van der Waals surface area contributed by atoms with E-state index in [9.17, 15) is 19.8 Å². The fourth-order valence-electron chi connectivity index (χ4n) is 6.69. The number of aliphatic hydroxyl groups excluding tert-OH is 2. The second-order valence-electron chi connectivity index (χ2n) is 11.7. The Morgan fingerprint density at radius 1 is 0.947 bits per heavy atom. The molecule has 10 unspecified atom stereocenters. The topological polar surface area (TPSA) is 130 Å². The van der Waals surface area contributed by atoms with Crippen LogP contribution in [-0.2, 0) is 38.0 Å². The molecular formula is C28H42O10. The van der Waals surface area contributed by atoms with Crippen molar-refractivity contribution in [3.05, 3.63) is 12.2 Å². The van der Waals surface area contributed by atoms with Gasteiger partial charge in [-0.2, -0.15) is 0 Å². The first-order valence-electron chi connectivity index (χ1n) is 14.0. The summed E-state index contributed by atoms with van der Waals surface area (Å²) in [6.45, 7) is 6.92. The van der Waals surface area contributed by atoms with Crippen molar-refractivity contribution in [2.75, 3.05) is 20.3 Å². The van der Waals surface area contributed by atoms with Crippen molar-refractivity contribution in [1.82, 2.24) is 0 Å². The first-order valence-corrected chi connectivity index (χ1v) is 14.0. The van der Waals surface area contributed by atoms with Gasteiger partial charge >= 0.3 is 0 Å². The molecule has 38 heavy (non-hydrogen) atoms. The zero-order valence-corrected chi connectivity index (χ0v) is 22.4. The van der Waals surface area contributed by atoms with Gasteiger partial charge < -0.3 is 38.6 Å². The fourth-order valence-corrected chi connectivity index (χ4v) is 6.69. The summed E-state index contributed by atoms with van der Waals surface area (Å²) in [5, 5.41) is 22.0. The first kappa shape index (κ1) is 28.3. The van der Waals surface area contributed by atoms with Crippen LogP contribution in [0.3, 0.4) is 0 Å². The highest BCUT2D eigenvalue weighted by Crippen LogP contribution is 2.40. The van der Waals surface area contributed by atoms with E-state index < -0.39 is 42.7 Å². The molecule has 5 saturated heterocycles. The summed E-state index contributed by atoms with van der Waals surface area (Å²) in [5.74, 6) is 0.0833. The third-order valence-electron chi connectivity index (χ3n) is 8.91. The van der Waals surface area contributed by atoms with Gasteiger partial charge in [0.1, 0.15) is 42.1 Å². The Labute approximate surface area is 223 Å². The minimum Gasteiger partial charge on any atom is -0.388 e. The third kappa shape index (κ3) is 6.07. The number of ether oxygens (including phenoxy) is 6. The quantitative estimate of drug-likeness (QED) is 0.392. The largest absolute Gasteiger partial charge is 0.388 e. The van der Waals surface area contributed by atoms with E-state index in [2.05, 4.69) is 6.58 Å². The summed E-state index contributed by atoms with van der Waals surface area (Å²) in [7, 11) is 1.64. The normalized spacial score (nSPS) is 44.7. The van der Waals surface area contributed by atoms with E-state index in [1.165, 1.54) is 0 Å². The molecule has 5 fully saturated rings. The minimum atomic E-state index is -1.02. The number of hydrogen-bond donors (Lipinski definition) is 2. The number of methoxy groups -OCH3 is 1. The van der Waals surface area contributed by atoms with E-state index in [1.807, 2.05) is 6.92 Å². The first-order chi connectivity index (χ1) is 18.2. The summed E-state index contributed by atoms with van der Waals surface area (Å²) in [5.41, 5.74) is 1.04. The molecule has 0 aliphatic carbocycles. The van der Waals surface area contributed by atoms with Gasteiger partial charge in [0.2, 0.25) is 0 Å². The predicted octanol–water partition coefficient (Wildman–Crippen LogP) is 1.27. The molecule has 5 rings (SSSR count). The molecular weight excluding hydrogens is 496 g/mol. The number of carbonyl (C=O) groups is 2. The van der Waals surface area contributed by atoms with Crippen LogP contribution in [0, 0.1) is 5.92 Å². The standard InChI is InChI=1S/C28H42O10/c1-14-8-18(35-12-14)5-4-16(29)11-22-24(31)27-28(38-22)25(32)26-21(37-27)7-6-19(36-26)9-17(30)10-20-15(2)34-13-23(20)33-3/h15,18-28,31-32H,1,4-13H2,2-3H3/t15-,18?,19?,20?,21?,22?,23?,24?,25?,26-,27?,28?/m0/s1. The van der Waals surface area contributed by atoms with E-state index in [0.717, 1.165) is 12.0 Å². The van der Waals surface area contributed by atoms with Gasteiger partial charge in [0.25, 0.3) is 0 Å². The highest BCUT2D eigenvalue weighted by molar-refractivity contribution is 5.79. The maximum atomic E-state index is 12.9. The van der Waals surface area contributed by atoms with Gasteiger partial charge in [-0.05, 0) is 38.2 Å². The number of hydrogen-bond acceptors (Lipinski definition) is 10. The van der Waals surface area contributed by atoms with Crippen molar-refractivity contribution in [2.45, 2.75) is 125 Å². The van der Waals surface area contributed by atoms with Crippen LogP contribution in [0.2, 0.25) is 0 Å². The van der Waals surface area contributed by atoms with Crippen LogP contribution < -0.4 is 0 Å². The van der Waals surface area contributed by atoms with Crippen molar-refractivity contribution in [3.63, 3.8) is 0 Å². The van der Waals surface area contributed by atoms with Gasteiger partial charge in [0.05, 0.1) is 49.8 Å². The van der Waals surface area contributed by atoms with Crippen molar-refractivity contribution < 1.29 is 48.2 Å². The molecule has 5 heterocycles. The molecule has 2 N–H and O–H groups in total. The maximum absolute atomic E-state index is 12.9. The maximum Gasteiger partial charge on any atom is 0.135 e. The Kier molecular flexibility index (Phi) is 9.01. The Bertz CT molecular complexity index is 878. The average molecular weight is 539 g/mol. The van der Waals surface area contributed by atoms with Gasteiger partial charge in [-0.25, -0.2) is 0 Å². The van der Waals surface area contributed by atoms with Crippen LogP contribution in [0.4, 0.5) is 0 Å². The van der Waals surface area contributed by atoms with Crippen molar-refractivity contribution >= 4 is 11.6 Å². The van der Waals surface area contributed by atoms with Crippen LogP contribution in [-0.4, -0.2) is 109 Å². The summed E-state index contributed by atoms with van der Waals surface area (Å²) in [4.78, 5) is 25.5. The summed E-state index contributed by atoms with van der Waals surface area (Å²) < 4.78 is 35.0. The van der Waals surface area contributed by atoms with Gasteiger partial charge in [-0.1, -0.05) is 6.58 Å². The molecule has 5 aliphatic heterocycles. The number of carbonyl (C=O) groups excluding carboxylic acids is 2. The average Bonchev–Trinajstić information content (AvgIpc) is 3.56. The van der Waals surface area contributed by atoms with Crippen LogP contribution in [0.1, 0.15) is 58.3 Å². The van der Waals surface area contributed by atoms with E-state index in [0.29, 0.717) is 45.3 Å². The molecule has 12 atom stereocenters. The summed E-state index contributed by atoms with van der Waals surface area (Å²) in [6, 6.07) is 0. The number of Topliss-reactive ketones (excluding diaryl/α,β-unsaturated/α-hetero) is 2. The molecule has 5 aliphatic rings. The number of ketones is 2. The Balaban J connectivity index is 1.11. The smallest absolute Gasteiger partial charge is 0.135 e. The lowest BCUT2D eigenvalue weighted by molar-refractivity contribution is -0.259. The second kappa shape index (κ2) is 12.1. The number of rotatable bonds is 10. The van der Waals surface area contributed by atoms with Crippen molar-refractivity contribution in [1.29, 1.82) is 0 Å². The van der Waals surface area contributed by atoms with Gasteiger partial charge in [-0.15, -0.1) is 0 Å². The molecule has 10 nitrogen and oxygen atoms in total. The van der Waals surface area contributed by atoms with E-state index >= 15 is 0 Å². The molecule has 0 radical (unpaired) electrons. The molecule has 0 amide bonds. The molecule has 0 aromatic heterocycles. The molecule has 214 valence electrons. The summed E-state index contributed by atoms with van der Waals surface area (Å²) >= 11 is 0. The van der Waals surface area contributed by atoms with Gasteiger partial charge in [0, 0.05) is 38.7 Å². The monoisotopic (exact) mass is 538 g/mol.